The van der Waals surface area contributed by atoms with Crippen LogP contribution < -0.4 is 0 Å². The number of hydrogen-bond donors (Lipinski definition) is 1. The van der Waals surface area contributed by atoms with E-state index in [0.29, 0.717) is 18.0 Å². The van der Waals surface area contributed by atoms with E-state index in [0.717, 1.165) is 19.3 Å². The molecule has 0 bridgehead atoms. The highest BCUT2D eigenvalue weighted by Crippen LogP contribution is 2.39. The van der Waals surface area contributed by atoms with Crippen LogP contribution in [-0.2, 0) is 16.0 Å². The number of aromatic carboxylic acids is 1. The van der Waals surface area contributed by atoms with Gasteiger partial charge in [0, 0.05) is 18.3 Å². The average Bonchev–Trinajstić information content (AvgIpc) is 3.10. The molecule has 0 spiro atoms. The summed E-state index contributed by atoms with van der Waals surface area (Å²) in [7, 11) is 0. The third kappa shape index (κ3) is 2.11. The topological polar surface area (TPSA) is 87.6 Å². The number of carbonyl (C=O) groups is 3. The van der Waals surface area contributed by atoms with Crippen LogP contribution in [0.3, 0.4) is 0 Å². The number of aromatic nitrogens is 1. The summed E-state index contributed by atoms with van der Waals surface area (Å²) in [5, 5.41) is 10.9. The minimum atomic E-state index is -1.06. The SMILES string of the molecule is O=C(O)c1csc(CCN2C(=O)C3CCCC3C2=O)n1. The predicted octanol–water partition coefficient (Wildman–Crippen LogP) is 1.17. The fourth-order valence-electron chi connectivity index (χ4n) is 3.01. The van der Waals surface area contributed by atoms with Crippen molar-refractivity contribution >= 4 is 29.1 Å². The van der Waals surface area contributed by atoms with Crippen molar-refractivity contribution in [3.63, 3.8) is 0 Å². The summed E-state index contributed by atoms with van der Waals surface area (Å²) in [5.41, 5.74) is 0.0148. The molecular formula is C13H14N2O4S. The zero-order chi connectivity index (χ0) is 14.3. The van der Waals surface area contributed by atoms with E-state index in [1.54, 1.807) is 0 Å². The molecular weight excluding hydrogens is 280 g/mol. The summed E-state index contributed by atoms with van der Waals surface area (Å²) in [6.07, 6.45) is 3.00. The van der Waals surface area contributed by atoms with Gasteiger partial charge in [0.1, 0.15) is 0 Å². The molecule has 1 aliphatic carbocycles. The van der Waals surface area contributed by atoms with E-state index >= 15 is 0 Å². The number of amides is 2. The highest BCUT2D eigenvalue weighted by atomic mass is 32.1. The molecule has 2 heterocycles. The van der Waals surface area contributed by atoms with Crippen molar-refractivity contribution < 1.29 is 19.5 Å². The van der Waals surface area contributed by atoms with Crippen LogP contribution in [0.5, 0.6) is 0 Å². The molecule has 1 aromatic rings. The molecule has 2 amide bonds. The lowest BCUT2D eigenvalue weighted by atomic mass is 10.00. The Kier molecular flexibility index (Phi) is 3.29. The van der Waals surface area contributed by atoms with Gasteiger partial charge in [-0.2, -0.15) is 0 Å². The van der Waals surface area contributed by atoms with Gasteiger partial charge in [0.15, 0.2) is 5.69 Å². The molecule has 1 N–H and O–H groups in total. The number of hydrogen-bond acceptors (Lipinski definition) is 5. The van der Waals surface area contributed by atoms with Gasteiger partial charge in [-0.05, 0) is 12.8 Å². The monoisotopic (exact) mass is 294 g/mol. The number of thiazole rings is 1. The lowest BCUT2D eigenvalue weighted by molar-refractivity contribution is -0.140. The number of imide groups is 1. The van der Waals surface area contributed by atoms with Crippen molar-refractivity contribution in [2.75, 3.05) is 6.54 Å². The Morgan fingerprint density at radius 2 is 2.00 bits per heavy atom. The van der Waals surface area contributed by atoms with Crippen molar-refractivity contribution in [1.29, 1.82) is 0 Å². The molecule has 106 valence electrons. The summed E-state index contributed by atoms with van der Waals surface area (Å²) >= 11 is 1.24. The third-order valence-electron chi connectivity index (χ3n) is 4.00. The summed E-state index contributed by atoms with van der Waals surface area (Å²) in [4.78, 5) is 40.3. The number of carbonyl (C=O) groups excluding carboxylic acids is 2. The maximum Gasteiger partial charge on any atom is 0.355 e. The van der Waals surface area contributed by atoms with Crippen molar-refractivity contribution in [3.05, 3.63) is 16.1 Å². The van der Waals surface area contributed by atoms with E-state index in [-0.39, 0.29) is 29.3 Å². The number of fused-ring (bicyclic) bond motifs is 1. The van der Waals surface area contributed by atoms with Gasteiger partial charge >= 0.3 is 5.97 Å². The normalized spacial score (nSPS) is 25.3. The fourth-order valence-corrected chi connectivity index (χ4v) is 3.77. The van der Waals surface area contributed by atoms with Gasteiger partial charge < -0.3 is 5.11 Å². The number of carboxylic acid groups (broad SMARTS) is 1. The van der Waals surface area contributed by atoms with Crippen LogP contribution in [0.15, 0.2) is 5.38 Å². The number of nitrogens with zero attached hydrogens (tertiary/aromatic N) is 2. The molecule has 7 heteroatoms. The van der Waals surface area contributed by atoms with Crippen molar-refractivity contribution in [2.45, 2.75) is 25.7 Å². The van der Waals surface area contributed by atoms with Crippen LogP contribution in [0, 0.1) is 11.8 Å². The molecule has 1 saturated heterocycles. The molecule has 1 aromatic heterocycles. The number of likely N-dealkylation sites (tertiary alicyclic amines) is 1. The average molecular weight is 294 g/mol. The number of carboxylic acids is 1. The Morgan fingerprint density at radius 1 is 1.35 bits per heavy atom. The first-order valence-corrected chi connectivity index (χ1v) is 7.49. The Hall–Kier alpha value is -1.76. The second-order valence-electron chi connectivity index (χ2n) is 5.15. The summed E-state index contributed by atoms with van der Waals surface area (Å²) in [5.74, 6) is -1.42. The van der Waals surface area contributed by atoms with Crippen LogP contribution in [-0.4, -0.2) is 39.3 Å². The second-order valence-corrected chi connectivity index (χ2v) is 6.10. The van der Waals surface area contributed by atoms with Gasteiger partial charge in [-0.25, -0.2) is 9.78 Å². The van der Waals surface area contributed by atoms with E-state index in [2.05, 4.69) is 4.98 Å². The highest BCUT2D eigenvalue weighted by Gasteiger charge is 2.49. The van der Waals surface area contributed by atoms with Crippen molar-refractivity contribution in [1.82, 2.24) is 9.88 Å². The Labute approximate surface area is 119 Å². The van der Waals surface area contributed by atoms with Crippen molar-refractivity contribution in [2.24, 2.45) is 11.8 Å². The first-order valence-electron chi connectivity index (χ1n) is 6.61. The quantitative estimate of drug-likeness (QED) is 0.842. The smallest absolute Gasteiger partial charge is 0.355 e. The van der Waals surface area contributed by atoms with Crippen LogP contribution in [0.1, 0.15) is 34.8 Å². The van der Waals surface area contributed by atoms with E-state index < -0.39 is 5.97 Å². The van der Waals surface area contributed by atoms with Gasteiger partial charge in [0.25, 0.3) is 0 Å². The van der Waals surface area contributed by atoms with Crippen LogP contribution in [0.2, 0.25) is 0 Å². The van der Waals surface area contributed by atoms with Gasteiger partial charge in [-0.1, -0.05) is 6.42 Å². The zero-order valence-corrected chi connectivity index (χ0v) is 11.6. The summed E-state index contributed by atoms with van der Waals surface area (Å²) in [6.45, 7) is 0.303. The van der Waals surface area contributed by atoms with Crippen LogP contribution in [0.25, 0.3) is 0 Å². The first-order chi connectivity index (χ1) is 9.58. The highest BCUT2D eigenvalue weighted by molar-refractivity contribution is 7.09. The molecule has 2 atom stereocenters. The maximum atomic E-state index is 12.1. The standard InChI is InChI=1S/C13H14N2O4S/c16-11-7-2-1-3-8(7)12(17)15(11)5-4-10-14-9(6-20-10)13(18)19/h6-8H,1-5H2,(H,18,19). The van der Waals surface area contributed by atoms with Crippen molar-refractivity contribution in [3.8, 4) is 0 Å². The van der Waals surface area contributed by atoms with Crippen LogP contribution >= 0.6 is 11.3 Å². The lowest BCUT2D eigenvalue weighted by Crippen LogP contribution is -2.33. The molecule has 1 saturated carbocycles. The Morgan fingerprint density at radius 3 is 2.55 bits per heavy atom. The second kappa shape index (κ2) is 4.97. The predicted molar refractivity (Wildman–Crippen MR) is 70.3 cm³/mol. The summed E-state index contributed by atoms with van der Waals surface area (Å²) < 4.78 is 0. The molecule has 6 nitrogen and oxygen atoms in total. The Bertz CT molecular complexity index is 561. The molecule has 20 heavy (non-hydrogen) atoms. The minimum Gasteiger partial charge on any atom is -0.476 e. The third-order valence-corrected chi connectivity index (χ3v) is 4.91. The number of rotatable bonds is 4. The first kappa shape index (κ1) is 13.2. The summed E-state index contributed by atoms with van der Waals surface area (Å²) in [6, 6.07) is 0. The van der Waals surface area contributed by atoms with Gasteiger partial charge in [-0.3, -0.25) is 14.5 Å². The van der Waals surface area contributed by atoms with Gasteiger partial charge in [0.2, 0.25) is 11.8 Å². The fraction of sp³-hybridized carbons (Fsp3) is 0.538. The minimum absolute atomic E-state index is 0.0148. The lowest BCUT2D eigenvalue weighted by Gasteiger charge is -2.14. The molecule has 0 aromatic carbocycles. The van der Waals surface area contributed by atoms with Crippen LogP contribution in [0.4, 0.5) is 0 Å². The molecule has 3 rings (SSSR count). The molecule has 2 fully saturated rings. The van der Waals surface area contributed by atoms with E-state index in [9.17, 15) is 14.4 Å². The van der Waals surface area contributed by atoms with E-state index in [1.807, 2.05) is 0 Å². The zero-order valence-electron chi connectivity index (χ0n) is 10.7. The largest absolute Gasteiger partial charge is 0.476 e. The molecule has 1 aliphatic heterocycles. The Balaban J connectivity index is 1.65. The molecule has 2 aliphatic rings. The van der Waals surface area contributed by atoms with Gasteiger partial charge in [-0.15, -0.1) is 11.3 Å². The van der Waals surface area contributed by atoms with Gasteiger partial charge in [0.05, 0.1) is 16.8 Å². The molecule has 0 radical (unpaired) electrons. The molecule has 2 unspecified atom stereocenters. The van der Waals surface area contributed by atoms with E-state index in [1.165, 1.54) is 21.6 Å². The van der Waals surface area contributed by atoms with E-state index in [4.69, 9.17) is 5.11 Å². The maximum absolute atomic E-state index is 12.1.